The molecule has 1 aromatic rings. The number of rotatable bonds is 1. The molecule has 0 saturated heterocycles. The summed E-state index contributed by atoms with van der Waals surface area (Å²) in [4.78, 5) is 11.2. The van der Waals surface area contributed by atoms with E-state index in [1.165, 1.54) is 11.1 Å². The van der Waals surface area contributed by atoms with Crippen LogP contribution in [0.3, 0.4) is 0 Å². The fraction of sp³-hybridized carbons (Fsp3) is 0.250. The van der Waals surface area contributed by atoms with Crippen molar-refractivity contribution in [1.29, 1.82) is 0 Å². The molecule has 1 aliphatic rings. The van der Waals surface area contributed by atoms with Crippen LogP contribution in [0.1, 0.15) is 24.8 Å². The van der Waals surface area contributed by atoms with Crippen molar-refractivity contribution in [2.24, 2.45) is 0 Å². The van der Waals surface area contributed by atoms with Crippen molar-refractivity contribution < 1.29 is 4.79 Å². The van der Waals surface area contributed by atoms with E-state index in [1.54, 1.807) is 6.08 Å². The van der Waals surface area contributed by atoms with Crippen molar-refractivity contribution >= 4 is 5.78 Å². The molecule has 1 heteroatoms. The second kappa shape index (κ2) is 3.17. The Hall–Kier alpha value is -1.37. The average molecular weight is 172 g/mol. The zero-order valence-corrected chi connectivity index (χ0v) is 7.66. The highest BCUT2D eigenvalue weighted by atomic mass is 16.1. The molecule has 0 spiro atoms. The lowest BCUT2D eigenvalue weighted by Crippen LogP contribution is -1.97. The maximum absolute atomic E-state index is 11.2. The summed E-state index contributed by atoms with van der Waals surface area (Å²) >= 11 is 0. The van der Waals surface area contributed by atoms with Gasteiger partial charge in [0.2, 0.25) is 0 Å². The van der Waals surface area contributed by atoms with E-state index in [2.05, 4.69) is 12.1 Å². The first kappa shape index (κ1) is 8.24. The Labute approximate surface area is 78.1 Å². The third kappa shape index (κ3) is 1.55. The summed E-state index contributed by atoms with van der Waals surface area (Å²) in [6.45, 7) is 2.03. The molecule has 1 atom stereocenters. The third-order valence-corrected chi connectivity index (χ3v) is 2.55. The van der Waals surface area contributed by atoms with Crippen molar-refractivity contribution in [3.8, 4) is 0 Å². The molecule has 66 valence electrons. The average Bonchev–Trinajstić information content (AvgIpc) is 2.47. The zero-order chi connectivity index (χ0) is 9.26. The number of hydrogen-bond donors (Lipinski definition) is 0. The quantitative estimate of drug-likeness (QED) is 0.636. The largest absolute Gasteiger partial charge is 0.295 e. The van der Waals surface area contributed by atoms with Crippen LogP contribution in [0, 0.1) is 0 Å². The van der Waals surface area contributed by atoms with E-state index < -0.39 is 0 Å². The van der Waals surface area contributed by atoms with Crippen molar-refractivity contribution in [2.75, 3.05) is 0 Å². The van der Waals surface area contributed by atoms with E-state index in [4.69, 9.17) is 0 Å². The summed E-state index contributed by atoms with van der Waals surface area (Å²) in [5.74, 6) is 0.583. The van der Waals surface area contributed by atoms with Gasteiger partial charge in [-0.3, -0.25) is 4.79 Å². The highest BCUT2D eigenvalue weighted by molar-refractivity contribution is 5.94. The fourth-order valence-electron chi connectivity index (χ4n) is 1.84. The first-order valence-corrected chi connectivity index (χ1v) is 4.53. The lowest BCUT2D eigenvalue weighted by atomic mass is 9.94. The lowest BCUT2D eigenvalue weighted by Gasteiger charge is -2.10. The highest BCUT2D eigenvalue weighted by Crippen LogP contribution is 2.32. The number of allylic oxidation sites excluding steroid dienone is 2. The van der Waals surface area contributed by atoms with Crippen molar-refractivity contribution in [1.82, 2.24) is 0 Å². The van der Waals surface area contributed by atoms with Crippen LogP contribution in [0.5, 0.6) is 0 Å². The summed E-state index contributed by atoms with van der Waals surface area (Å²) in [5.41, 5.74) is 2.44. The van der Waals surface area contributed by atoms with E-state index in [0.29, 0.717) is 12.3 Å². The monoisotopic (exact) mass is 172 g/mol. The predicted octanol–water partition coefficient (Wildman–Crippen LogP) is 2.69. The normalized spacial score (nSPS) is 21.8. The highest BCUT2D eigenvalue weighted by Gasteiger charge is 2.22. The van der Waals surface area contributed by atoms with Crippen molar-refractivity contribution in [3.63, 3.8) is 0 Å². The molecule has 1 aromatic carbocycles. The first-order valence-electron chi connectivity index (χ1n) is 4.53. The Kier molecular flexibility index (Phi) is 2.01. The second-order valence-electron chi connectivity index (χ2n) is 3.52. The van der Waals surface area contributed by atoms with Gasteiger partial charge in [-0.2, -0.15) is 0 Å². The Bertz CT molecular complexity index is 349. The van der Waals surface area contributed by atoms with Gasteiger partial charge in [0, 0.05) is 12.3 Å². The van der Waals surface area contributed by atoms with Crippen LogP contribution >= 0.6 is 0 Å². The first-order chi connectivity index (χ1) is 6.27. The minimum Gasteiger partial charge on any atom is -0.295 e. The number of ketones is 1. The number of carbonyl (C=O) groups is 1. The second-order valence-corrected chi connectivity index (χ2v) is 3.52. The third-order valence-electron chi connectivity index (χ3n) is 2.55. The zero-order valence-electron chi connectivity index (χ0n) is 7.66. The summed E-state index contributed by atoms with van der Waals surface area (Å²) in [5, 5.41) is 0. The molecule has 0 aliphatic heterocycles. The van der Waals surface area contributed by atoms with E-state index in [0.717, 1.165) is 0 Å². The molecular weight excluding hydrogens is 160 g/mol. The number of carbonyl (C=O) groups excluding carboxylic acids is 1. The Balaban J connectivity index is 2.30. The standard InChI is InChI=1S/C12H12O/c1-9-7-11(13)8-12(9)10-5-3-2-4-6-10/h2-7,12H,8H2,1H3. The van der Waals surface area contributed by atoms with E-state index in [9.17, 15) is 4.79 Å². The van der Waals surface area contributed by atoms with Crippen LogP contribution in [0.25, 0.3) is 0 Å². The van der Waals surface area contributed by atoms with Crippen LogP contribution in [0.4, 0.5) is 0 Å². The molecule has 2 rings (SSSR count). The van der Waals surface area contributed by atoms with Gasteiger partial charge in [0.25, 0.3) is 0 Å². The van der Waals surface area contributed by atoms with Gasteiger partial charge in [0.1, 0.15) is 0 Å². The maximum atomic E-state index is 11.2. The Morgan fingerprint density at radius 1 is 1.23 bits per heavy atom. The van der Waals surface area contributed by atoms with E-state index >= 15 is 0 Å². The minimum atomic E-state index is 0.256. The lowest BCUT2D eigenvalue weighted by molar-refractivity contribution is -0.114. The SMILES string of the molecule is CC1=CC(=O)CC1c1ccccc1. The molecular formula is C12H12O. The molecule has 0 heterocycles. The number of benzene rings is 1. The minimum absolute atomic E-state index is 0.256. The van der Waals surface area contributed by atoms with E-state index in [1.807, 2.05) is 25.1 Å². The van der Waals surface area contributed by atoms with Crippen LogP contribution in [-0.2, 0) is 4.79 Å². The summed E-state index contributed by atoms with van der Waals surface area (Å²) in [6, 6.07) is 10.2. The molecule has 13 heavy (non-hydrogen) atoms. The molecule has 1 nitrogen and oxygen atoms in total. The van der Waals surface area contributed by atoms with Gasteiger partial charge < -0.3 is 0 Å². The number of hydrogen-bond acceptors (Lipinski definition) is 1. The molecule has 0 bridgehead atoms. The Morgan fingerprint density at radius 2 is 1.92 bits per heavy atom. The summed E-state index contributed by atoms with van der Waals surface area (Å²) in [7, 11) is 0. The van der Waals surface area contributed by atoms with Crippen LogP contribution < -0.4 is 0 Å². The molecule has 0 radical (unpaired) electrons. The molecule has 0 saturated carbocycles. The molecule has 0 aromatic heterocycles. The molecule has 0 fully saturated rings. The van der Waals surface area contributed by atoms with Gasteiger partial charge in [0.05, 0.1) is 0 Å². The molecule has 1 unspecified atom stereocenters. The van der Waals surface area contributed by atoms with Crippen molar-refractivity contribution in [3.05, 3.63) is 47.5 Å². The Morgan fingerprint density at radius 3 is 2.46 bits per heavy atom. The van der Waals surface area contributed by atoms with Crippen molar-refractivity contribution in [2.45, 2.75) is 19.3 Å². The van der Waals surface area contributed by atoms with Gasteiger partial charge in [-0.05, 0) is 18.6 Å². The van der Waals surface area contributed by atoms with E-state index in [-0.39, 0.29) is 5.78 Å². The predicted molar refractivity (Wildman–Crippen MR) is 52.6 cm³/mol. The van der Waals surface area contributed by atoms with Crippen LogP contribution in [0.2, 0.25) is 0 Å². The topological polar surface area (TPSA) is 17.1 Å². The van der Waals surface area contributed by atoms with Gasteiger partial charge in [0.15, 0.2) is 5.78 Å². The smallest absolute Gasteiger partial charge is 0.156 e. The molecule has 0 N–H and O–H groups in total. The summed E-state index contributed by atoms with van der Waals surface area (Å²) < 4.78 is 0. The van der Waals surface area contributed by atoms with Crippen LogP contribution in [0.15, 0.2) is 42.0 Å². The summed E-state index contributed by atoms with van der Waals surface area (Å²) in [6.07, 6.45) is 2.41. The maximum Gasteiger partial charge on any atom is 0.156 e. The van der Waals surface area contributed by atoms with Gasteiger partial charge in [-0.1, -0.05) is 35.9 Å². The molecule has 0 amide bonds. The van der Waals surface area contributed by atoms with Crippen LogP contribution in [-0.4, -0.2) is 5.78 Å². The van der Waals surface area contributed by atoms with Gasteiger partial charge in [-0.15, -0.1) is 0 Å². The fourth-order valence-corrected chi connectivity index (χ4v) is 1.84. The van der Waals surface area contributed by atoms with Gasteiger partial charge in [-0.25, -0.2) is 0 Å². The van der Waals surface area contributed by atoms with Gasteiger partial charge >= 0.3 is 0 Å². The molecule has 1 aliphatic carbocycles.